The van der Waals surface area contributed by atoms with E-state index < -0.39 is 0 Å². The van der Waals surface area contributed by atoms with E-state index in [0.717, 1.165) is 51.0 Å². The van der Waals surface area contributed by atoms with E-state index in [9.17, 15) is 4.79 Å². The Morgan fingerprint density at radius 2 is 2.00 bits per heavy atom. The second kappa shape index (κ2) is 8.88. The van der Waals surface area contributed by atoms with Crippen molar-refractivity contribution < 1.29 is 9.53 Å². The van der Waals surface area contributed by atoms with Gasteiger partial charge in [0.2, 0.25) is 5.91 Å². The van der Waals surface area contributed by atoms with Crippen molar-refractivity contribution in [3.05, 3.63) is 0 Å². The first kappa shape index (κ1) is 20.7. The molecule has 144 valence electrons. The van der Waals surface area contributed by atoms with E-state index in [1.54, 1.807) is 4.90 Å². The van der Waals surface area contributed by atoms with E-state index in [1.807, 2.05) is 14.1 Å². The molecule has 0 aromatic heterocycles. The molecule has 2 bridgehead atoms. The Morgan fingerprint density at radius 1 is 1.28 bits per heavy atom. The van der Waals surface area contributed by atoms with Crippen LogP contribution in [-0.4, -0.2) is 62.2 Å². The maximum Gasteiger partial charge on any atom is 0.230 e. The van der Waals surface area contributed by atoms with Crippen LogP contribution >= 0.6 is 24.0 Å². The average Bonchev–Trinajstić information content (AvgIpc) is 3.29. The SMILES string of the molecule is CCNC(=NCC1(C(=O)N(C)C)CCCC1)NC1CC2CCC1O2.I. The molecule has 0 aromatic rings. The summed E-state index contributed by atoms with van der Waals surface area (Å²) >= 11 is 0. The molecule has 25 heavy (non-hydrogen) atoms. The maximum atomic E-state index is 12.7. The lowest BCUT2D eigenvalue weighted by Crippen LogP contribution is -2.48. The summed E-state index contributed by atoms with van der Waals surface area (Å²) in [7, 11) is 3.70. The highest BCUT2D eigenvalue weighted by Gasteiger charge is 2.43. The number of guanidine groups is 1. The number of carbonyl (C=O) groups excluding carboxylic acids is 1. The molecule has 2 heterocycles. The molecule has 2 N–H and O–H groups in total. The van der Waals surface area contributed by atoms with Crippen LogP contribution in [0.1, 0.15) is 51.9 Å². The number of amides is 1. The van der Waals surface area contributed by atoms with Gasteiger partial charge in [-0.25, -0.2) is 0 Å². The molecule has 1 amide bonds. The van der Waals surface area contributed by atoms with Gasteiger partial charge in [0.05, 0.1) is 30.2 Å². The Hall–Kier alpha value is -0.570. The Balaban J connectivity index is 0.00000225. The van der Waals surface area contributed by atoms with Gasteiger partial charge in [-0.2, -0.15) is 0 Å². The lowest BCUT2D eigenvalue weighted by molar-refractivity contribution is -0.138. The molecular weight excluding hydrogens is 431 g/mol. The Bertz CT molecular complexity index is 491. The first-order chi connectivity index (χ1) is 11.5. The van der Waals surface area contributed by atoms with E-state index >= 15 is 0 Å². The Kier molecular flexibility index (Phi) is 7.37. The number of hydrogen-bond acceptors (Lipinski definition) is 3. The van der Waals surface area contributed by atoms with Crippen molar-refractivity contribution in [1.82, 2.24) is 15.5 Å². The largest absolute Gasteiger partial charge is 0.373 e. The summed E-state index contributed by atoms with van der Waals surface area (Å²) in [5.74, 6) is 1.05. The van der Waals surface area contributed by atoms with Crippen LogP contribution in [0.3, 0.4) is 0 Å². The molecule has 3 fully saturated rings. The molecule has 2 saturated heterocycles. The standard InChI is InChI=1S/C18H32N4O2.HI/c1-4-19-17(21-14-11-13-7-8-15(14)24-13)20-12-18(9-5-6-10-18)16(23)22(2)3;/h13-15H,4-12H2,1-3H3,(H2,19,20,21);1H. The van der Waals surface area contributed by atoms with Gasteiger partial charge in [0.15, 0.2) is 5.96 Å². The minimum atomic E-state index is -0.308. The Morgan fingerprint density at radius 3 is 2.52 bits per heavy atom. The molecule has 3 aliphatic rings. The van der Waals surface area contributed by atoms with Crippen LogP contribution < -0.4 is 10.6 Å². The van der Waals surface area contributed by atoms with E-state index in [1.165, 1.54) is 6.42 Å². The summed E-state index contributed by atoms with van der Waals surface area (Å²) in [4.78, 5) is 19.2. The molecule has 3 atom stereocenters. The summed E-state index contributed by atoms with van der Waals surface area (Å²) < 4.78 is 5.93. The fourth-order valence-corrected chi connectivity index (χ4v) is 4.48. The van der Waals surface area contributed by atoms with Crippen molar-refractivity contribution in [2.24, 2.45) is 10.4 Å². The normalized spacial score (nSPS) is 30.0. The molecular formula is C18H33IN4O2. The van der Waals surface area contributed by atoms with Crippen LogP contribution in [0.25, 0.3) is 0 Å². The molecule has 2 aliphatic heterocycles. The topological polar surface area (TPSA) is 66.0 Å². The second-order valence-corrected chi connectivity index (χ2v) is 7.74. The van der Waals surface area contributed by atoms with Gasteiger partial charge in [-0.1, -0.05) is 12.8 Å². The minimum absolute atomic E-state index is 0. The molecule has 7 heteroatoms. The van der Waals surface area contributed by atoms with Gasteiger partial charge in [-0.05, 0) is 39.0 Å². The molecule has 1 aliphatic carbocycles. The predicted molar refractivity (Wildman–Crippen MR) is 110 cm³/mol. The fourth-order valence-electron chi connectivity index (χ4n) is 4.48. The summed E-state index contributed by atoms with van der Waals surface area (Å²) in [6.07, 6.45) is 8.29. The van der Waals surface area contributed by atoms with Gasteiger partial charge < -0.3 is 20.3 Å². The highest BCUT2D eigenvalue weighted by atomic mass is 127. The Labute approximate surface area is 168 Å². The first-order valence-electron chi connectivity index (χ1n) is 9.46. The van der Waals surface area contributed by atoms with Crippen LogP contribution in [-0.2, 0) is 9.53 Å². The molecule has 3 rings (SSSR count). The van der Waals surface area contributed by atoms with Crippen molar-refractivity contribution in [3.8, 4) is 0 Å². The molecule has 0 radical (unpaired) electrons. The number of aliphatic imine (C=N–C) groups is 1. The van der Waals surface area contributed by atoms with Crippen LogP contribution in [0.2, 0.25) is 0 Å². The number of ether oxygens (including phenoxy) is 1. The zero-order valence-corrected chi connectivity index (χ0v) is 18.0. The van der Waals surface area contributed by atoms with Crippen molar-refractivity contribution in [2.75, 3.05) is 27.2 Å². The first-order valence-corrected chi connectivity index (χ1v) is 9.46. The van der Waals surface area contributed by atoms with Gasteiger partial charge in [0, 0.05) is 20.6 Å². The zero-order chi connectivity index (χ0) is 17.2. The van der Waals surface area contributed by atoms with Gasteiger partial charge in [0.25, 0.3) is 0 Å². The van der Waals surface area contributed by atoms with Crippen LogP contribution in [0.15, 0.2) is 4.99 Å². The van der Waals surface area contributed by atoms with E-state index in [4.69, 9.17) is 9.73 Å². The highest BCUT2D eigenvalue weighted by molar-refractivity contribution is 14.0. The summed E-state index contributed by atoms with van der Waals surface area (Å²) in [6, 6.07) is 0.352. The van der Waals surface area contributed by atoms with Gasteiger partial charge in [-0.3, -0.25) is 9.79 Å². The van der Waals surface area contributed by atoms with Crippen molar-refractivity contribution >= 4 is 35.8 Å². The van der Waals surface area contributed by atoms with Gasteiger partial charge in [-0.15, -0.1) is 24.0 Å². The van der Waals surface area contributed by atoms with Crippen molar-refractivity contribution in [1.29, 1.82) is 0 Å². The second-order valence-electron chi connectivity index (χ2n) is 7.74. The number of fused-ring (bicyclic) bond motifs is 2. The van der Waals surface area contributed by atoms with Crippen LogP contribution in [0, 0.1) is 5.41 Å². The fraction of sp³-hybridized carbons (Fsp3) is 0.889. The lowest BCUT2D eigenvalue weighted by Gasteiger charge is -2.30. The summed E-state index contributed by atoms with van der Waals surface area (Å²) in [6.45, 7) is 3.47. The molecule has 1 saturated carbocycles. The van der Waals surface area contributed by atoms with E-state index in [0.29, 0.717) is 24.8 Å². The molecule has 0 aromatic carbocycles. The van der Waals surface area contributed by atoms with Crippen LogP contribution in [0.4, 0.5) is 0 Å². The zero-order valence-electron chi connectivity index (χ0n) is 15.7. The third kappa shape index (κ3) is 4.59. The van der Waals surface area contributed by atoms with Crippen molar-refractivity contribution in [2.45, 2.75) is 70.1 Å². The van der Waals surface area contributed by atoms with Crippen molar-refractivity contribution in [3.63, 3.8) is 0 Å². The number of halogens is 1. The molecule has 0 spiro atoms. The monoisotopic (exact) mass is 464 g/mol. The number of nitrogens with one attached hydrogen (secondary N) is 2. The number of rotatable bonds is 5. The quantitative estimate of drug-likeness (QED) is 0.372. The molecule has 6 nitrogen and oxygen atoms in total. The lowest BCUT2D eigenvalue weighted by atomic mass is 9.85. The number of carbonyl (C=O) groups is 1. The smallest absolute Gasteiger partial charge is 0.230 e. The third-order valence-electron chi connectivity index (χ3n) is 5.73. The third-order valence-corrected chi connectivity index (χ3v) is 5.73. The summed E-state index contributed by atoms with van der Waals surface area (Å²) in [5.41, 5.74) is -0.308. The average molecular weight is 464 g/mol. The number of hydrogen-bond donors (Lipinski definition) is 2. The summed E-state index contributed by atoms with van der Waals surface area (Å²) in [5, 5.41) is 6.88. The van der Waals surface area contributed by atoms with E-state index in [-0.39, 0.29) is 35.3 Å². The van der Waals surface area contributed by atoms with Crippen LogP contribution in [0.5, 0.6) is 0 Å². The number of nitrogens with zero attached hydrogens (tertiary/aromatic N) is 2. The van der Waals surface area contributed by atoms with Gasteiger partial charge >= 0.3 is 0 Å². The maximum absolute atomic E-state index is 12.7. The molecule has 3 unspecified atom stereocenters. The predicted octanol–water partition coefficient (Wildman–Crippen LogP) is 2.13. The van der Waals surface area contributed by atoms with E-state index in [2.05, 4.69) is 17.6 Å². The highest BCUT2D eigenvalue weighted by Crippen LogP contribution is 2.40. The van der Waals surface area contributed by atoms with Gasteiger partial charge in [0.1, 0.15) is 0 Å². The minimum Gasteiger partial charge on any atom is -0.373 e.